The summed E-state index contributed by atoms with van der Waals surface area (Å²) in [6.45, 7) is 4.48. The first-order chi connectivity index (χ1) is 9.52. The van der Waals surface area contributed by atoms with Gasteiger partial charge in [0.15, 0.2) is 0 Å². The highest BCUT2D eigenvalue weighted by Gasteiger charge is 2.13. The lowest BCUT2D eigenvalue weighted by Gasteiger charge is -2.21. The molecule has 0 N–H and O–H groups in total. The Morgan fingerprint density at radius 1 is 1.30 bits per heavy atom. The number of anilines is 1. The Bertz CT molecular complexity index is 674. The van der Waals surface area contributed by atoms with Gasteiger partial charge in [0.05, 0.1) is 5.56 Å². The quantitative estimate of drug-likeness (QED) is 0.860. The highest BCUT2D eigenvalue weighted by Crippen LogP contribution is 2.24. The van der Waals surface area contributed by atoms with E-state index in [4.69, 9.17) is 11.6 Å². The Hall–Kier alpha value is -2.05. The molecule has 0 aliphatic carbocycles. The minimum Gasteiger partial charge on any atom is -0.354 e. The lowest BCUT2D eigenvalue weighted by molar-refractivity contribution is 0.887. The van der Waals surface area contributed by atoms with Crippen LogP contribution in [0.2, 0.25) is 5.02 Å². The molecule has 3 nitrogen and oxygen atoms in total. The number of hydrogen-bond donors (Lipinski definition) is 0. The molecule has 102 valence electrons. The molecule has 1 heterocycles. The normalized spacial score (nSPS) is 10.2. The summed E-state index contributed by atoms with van der Waals surface area (Å²) in [6, 6.07) is 11.9. The lowest BCUT2D eigenvalue weighted by Crippen LogP contribution is -2.20. The molecule has 0 aliphatic rings. The molecule has 0 radical (unpaired) electrons. The van der Waals surface area contributed by atoms with Crippen LogP contribution in [0.25, 0.3) is 0 Å². The average molecular weight is 286 g/mol. The van der Waals surface area contributed by atoms with E-state index in [0.29, 0.717) is 17.9 Å². The van der Waals surface area contributed by atoms with E-state index in [1.54, 1.807) is 0 Å². The lowest BCUT2D eigenvalue weighted by atomic mass is 10.1. The predicted molar refractivity (Wildman–Crippen MR) is 82.0 cm³/mol. The molecule has 0 atom stereocenters. The first-order valence-electron chi connectivity index (χ1n) is 6.36. The minimum atomic E-state index is 0.615. The number of aromatic nitrogens is 1. The van der Waals surface area contributed by atoms with Crippen molar-refractivity contribution in [1.29, 1.82) is 5.26 Å². The predicted octanol–water partition coefficient (Wildman–Crippen LogP) is 3.86. The summed E-state index contributed by atoms with van der Waals surface area (Å²) in [6.07, 6.45) is 0. The second-order valence-electron chi connectivity index (χ2n) is 4.84. The van der Waals surface area contributed by atoms with Crippen LogP contribution in [0.15, 0.2) is 30.3 Å². The maximum Gasteiger partial charge on any atom is 0.147 e. The third-order valence-electron chi connectivity index (χ3n) is 3.16. The molecule has 20 heavy (non-hydrogen) atoms. The van der Waals surface area contributed by atoms with E-state index >= 15 is 0 Å². The zero-order valence-corrected chi connectivity index (χ0v) is 12.6. The second-order valence-corrected chi connectivity index (χ2v) is 5.25. The Morgan fingerprint density at radius 3 is 2.65 bits per heavy atom. The number of nitriles is 1. The van der Waals surface area contributed by atoms with Gasteiger partial charge in [-0.1, -0.05) is 29.8 Å². The highest BCUT2D eigenvalue weighted by atomic mass is 35.5. The van der Waals surface area contributed by atoms with Crippen LogP contribution >= 0.6 is 11.6 Å². The van der Waals surface area contributed by atoms with Gasteiger partial charge in [0.2, 0.25) is 0 Å². The van der Waals surface area contributed by atoms with Crippen molar-refractivity contribution in [2.45, 2.75) is 20.4 Å². The first-order valence-corrected chi connectivity index (χ1v) is 6.73. The van der Waals surface area contributed by atoms with Gasteiger partial charge in [-0.15, -0.1) is 0 Å². The number of aryl methyl sites for hydroxylation is 2. The fourth-order valence-corrected chi connectivity index (χ4v) is 2.38. The zero-order valence-electron chi connectivity index (χ0n) is 11.8. The third-order valence-corrected chi connectivity index (χ3v) is 3.53. The zero-order chi connectivity index (χ0) is 14.7. The SMILES string of the molecule is Cc1cc(C)c(C#N)c(N(C)Cc2ccccc2Cl)n1. The van der Waals surface area contributed by atoms with Crippen molar-refractivity contribution < 1.29 is 0 Å². The average Bonchev–Trinajstić information content (AvgIpc) is 2.40. The van der Waals surface area contributed by atoms with Gasteiger partial charge < -0.3 is 4.90 Å². The van der Waals surface area contributed by atoms with E-state index in [1.807, 2.05) is 56.1 Å². The van der Waals surface area contributed by atoms with Crippen molar-refractivity contribution in [3.63, 3.8) is 0 Å². The van der Waals surface area contributed by atoms with Crippen molar-refractivity contribution in [3.8, 4) is 6.07 Å². The molecule has 0 spiro atoms. The number of halogens is 1. The fourth-order valence-electron chi connectivity index (χ4n) is 2.19. The maximum atomic E-state index is 9.32. The van der Waals surface area contributed by atoms with Gasteiger partial charge in [-0.05, 0) is 37.1 Å². The molecular formula is C16H16ClN3. The Kier molecular flexibility index (Phi) is 4.26. The van der Waals surface area contributed by atoms with Gasteiger partial charge in [-0.2, -0.15) is 5.26 Å². The summed E-state index contributed by atoms with van der Waals surface area (Å²) >= 11 is 6.18. The first kappa shape index (κ1) is 14.4. The van der Waals surface area contributed by atoms with Crippen LogP contribution in [0.4, 0.5) is 5.82 Å². The van der Waals surface area contributed by atoms with Gasteiger partial charge in [-0.3, -0.25) is 0 Å². The number of nitrogens with zero attached hydrogens (tertiary/aromatic N) is 3. The van der Waals surface area contributed by atoms with Crippen molar-refractivity contribution >= 4 is 17.4 Å². The van der Waals surface area contributed by atoms with Crippen LogP contribution in [0.1, 0.15) is 22.4 Å². The van der Waals surface area contributed by atoms with Crippen LogP contribution in [-0.4, -0.2) is 12.0 Å². The molecule has 0 bridgehead atoms. The van der Waals surface area contributed by atoms with Gasteiger partial charge in [0.25, 0.3) is 0 Å². The molecule has 0 saturated heterocycles. The van der Waals surface area contributed by atoms with Crippen LogP contribution in [-0.2, 0) is 6.54 Å². The Labute approximate surface area is 124 Å². The maximum absolute atomic E-state index is 9.32. The molecule has 1 aromatic carbocycles. The highest BCUT2D eigenvalue weighted by molar-refractivity contribution is 6.31. The molecule has 0 fully saturated rings. The summed E-state index contributed by atoms with van der Waals surface area (Å²) in [4.78, 5) is 6.45. The van der Waals surface area contributed by atoms with Crippen LogP contribution < -0.4 is 4.90 Å². The molecule has 0 saturated carbocycles. The topological polar surface area (TPSA) is 39.9 Å². The van der Waals surface area contributed by atoms with E-state index < -0.39 is 0 Å². The summed E-state index contributed by atoms with van der Waals surface area (Å²) < 4.78 is 0. The van der Waals surface area contributed by atoms with Crippen LogP contribution in [0.5, 0.6) is 0 Å². The van der Waals surface area contributed by atoms with Crippen molar-refractivity contribution in [2.75, 3.05) is 11.9 Å². The molecule has 2 aromatic rings. The molecule has 0 aliphatic heterocycles. The van der Waals surface area contributed by atoms with E-state index in [9.17, 15) is 5.26 Å². The number of hydrogen-bond acceptors (Lipinski definition) is 3. The van der Waals surface area contributed by atoms with Crippen molar-refractivity contribution in [2.24, 2.45) is 0 Å². The van der Waals surface area contributed by atoms with E-state index in [-0.39, 0.29) is 0 Å². The monoisotopic (exact) mass is 285 g/mol. The largest absolute Gasteiger partial charge is 0.354 e. The number of benzene rings is 1. The second kappa shape index (κ2) is 5.94. The molecule has 0 amide bonds. The van der Waals surface area contributed by atoms with E-state index in [0.717, 1.165) is 21.8 Å². The Balaban J connectivity index is 2.37. The smallest absolute Gasteiger partial charge is 0.147 e. The fraction of sp³-hybridized carbons (Fsp3) is 0.250. The molecular weight excluding hydrogens is 270 g/mol. The van der Waals surface area contributed by atoms with E-state index in [2.05, 4.69) is 11.1 Å². The molecule has 2 rings (SSSR count). The molecule has 0 unspecified atom stereocenters. The Morgan fingerprint density at radius 2 is 2.00 bits per heavy atom. The van der Waals surface area contributed by atoms with Gasteiger partial charge in [0, 0.05) is 24.3 Å². The summed E-state index contributed by atoms with van der Waals surface area (Å²) in [5, 5.41) is 10.0. The van der Waals surface area contributed by atoms with Crippen molar-refractivity contribution in [3.05, 3.63) is 57.7 Å². The summed E-state index contributed by atoms with van der Waals surface area (Å²) in [5.41, 5.74) is 3.48. The molecule has 1 aromatic heterocycles. The van der Waals surface area contributed by atoms with Gasteiger partial charge in [-0.25, -0.2) is 4.98 Å². The van der Waals surface area contributed by atoms with Crippen molar-refractivity contribution in [1.82, 2.24) is 4.98 Å². The van der Waals surface area contributed by atoms with E-state index in [1.165, 1.54) is 0 Å². The molecule has 4 heteroatoms. The minimum absolute atomic E-state index is 0.615. The van der Waals surface area contributed by atoms with Crippen LogP contribution in [0, 0.1) is 25.2 Å². The summed E-state index contributed by atoms with van der Waals surface area (Å²) in [7, 11) is 1.92. The van der Waals surface area contributed by atoms with Gasteiger partial charge in [0.1, 0.15) is 11.9 Å². The number of pyridine rings is 1. The standard InChI is InChI=1S/C16H16ClN3/c1-11-8-12(2)19-16(14(11)9-18)20(3)10-13-6-4-5-7-15(13)17/h4-8H,10H2,1-3H3. The third kappa shape index (κ3) is 2.92. The van der Waals surface area contributed by atoms with Gasteiger partial charge >= 0.3 is 0 Å². The summed E-state index contributed by atoms with van der Waals surface area (Å²) in [5.74, 6) is 0.699. The van der Waals surface area contributed by atoms with Crippen LogP contribution in [0.3, 0.4) is 0 Å². The number of rotatable bonds is 3.